The predicted octanol–water partition coefficient (Wildman–Crippen LogP) is 1.44. The fourth-order valence-electron chi connectivity index (χ4n) is 1.17. The summed E-state index contributed by atoms with van der Waals surface area (Å²) in [5.74, 6) is 0.691. The minimum absolute atomic E-state index is 0.510. The lowest BCUT2D eigenvalue weighted by molar-refractivity contribution is 0.413. The summed E-state index contributed by atoms with van der Waals surface area (Å²) >= 11 is 0. The molecule has 0 bridgehead atoms. The lowest BCUT2D eigenvalue weighted by Crippen LogP contribution is -1.83. The summed E-state index contributed by atoms with van der Waals surface area (Å²) in [6, 6.07) is 5.59. The number of nitriles is 1. The molecule has 2 rings (SSSR count). The summed E-state index contributed by atoms with van der Waals surface area (Å²) in [6.07, 6.45) is 1.61. The lowest BCUT2D eigenvalue weighted by atomic mass is 10.3. The van der Waals surface area contributed by atoms with E-state index in [0.29, 0.717) is 17.1 Å². The molecular weight excluding hydrogens is 166 g/mol. The third kappa shape index (κ3) is 1.20. The number of nitrogens with zero attached hydrogens (tertiary/aromatic N) is 2. The Bertz CT molecular complexity index is 481. The van der Waals surface area contributed by atoms with Crippen LogP contribution in [0.1, 0.15) is 5.69 Å². The molecule has 0 atom stereocenters. The average molecular weight is 173 g/mol. The van der Waals surface area contributed by atoms with E-state index < -0.39 is 0 Å². The van der Waals surface area contributed by atoms with Gasteiger partial charge in [-0.2, -0.15) is 5.26 Å². The first-order chi connectivity index (χ1) is 6.33. The number of H-pyrrole nitrogens is 1. The summed E-state index contributed by atoms with van der Waals surface area (Å²) < 4.78 is 5.01. The van der Waals surface area contributed by atoms with Crippen LogP contribution in [0.4, 0.5) is 0 Å². The number of aromatic amines is 1. The van der Waals surface area contributed by atoms with Crippen LogP contribution in [0.3, 0.4) is 0 Å². The highest BCUT2D eigenvalue weighted by Crippen LogP contribution is 2.18. The van der Waals surface area contributed by atoms with Crippen molar-refractivity contribution in [1.82, 2.24) is 9.97 Å². The van der Waals surface area contributed by atoms with Crippen molar-refractivity contribution in [3.8, 4) is 11.8 Å². The Morgan fingerprint density at radius 2 is 2.38 bits per heavy atom. The molecule has 0 unspecified atom stereocenters. The molecule has 0 saturated heterocycles. The highest BCUT2D eigenvalue weighted by molar-refractivity contribution is 5.78. The summed E-state index contributed by atoms with van der Waals surface area (Å²) in [5, 5.41) is 9.51. The van der Waals surface area contributed by atoms with E-state index in [1.54, 1.807) is 19.4 Å². The molecular formula is C9H7N3O. The molecule has 0 fully saturated rings. The second-order valence-electron chi connectivity index (χ2n) is 2.61. The van der Waals surface area contributed by atoms with Gasteiger partial charge < -0.3 is 9.72 Å². The minimum Gasteiger partial charge on any atom is -0.495 e. The number of pyridine rings is 1. The molecule has 2 heterocycles. The van der Waals surface area contributed by atoms with E-state index in [-0.39, 0.29) is 0 Å². The van der Waals surface area contributed by atoms with Crippen molar-refractivity contribution in [2.24, 2.45) is 0 Å². The highest BCUT2D eigenvalue weighted by atomic mass is 16.5. The van der Waals surface area contributed by atoms with Crippen molar-refractivity contribution in [3.05, 3.63) is 24.0 Å². The molecule has 64 valence electrons. The van der Waals surface area contributed by atoms with Gasteiger partial charge in [0.15, 0.2) is 0 Å². The van der Waals surface area contributed by atoms with Crippen LogP contribution in [0, 0.1) is 11.3 Å². The maximum Gasteiger partial charge on any atom is 0.138 e. The van der Waals surface area contributed by atoms with Gasteiger partial charge in [-0.15, -0.1) is 0 Å². The quantitative estimate of drug-likeness (QED) is 0.709. The number of hydrogen-bond donors (Lipinski definition) is 1. The highest BCUT2D eigenvalue weighted by Gasteiger charge is 2.01. The van der Waals surface area contributed by atoms with Crippen molar-refractivity contribution >= 4 is 11.0 Å². The van der Waals surface area contributed by atoms with Gasteiger partial charge in [-0.1, -0.05) is 0 Å². The van der Waals surface area contributed by atoms with Crippen molar-refractivity contribution in [2.45, 2.75) is 0 Å². The van der Waals surface area contributed by atoms with E-state index in [1.165, 1.54) is 0 Å². The first-order valence-corrected chi connectivity index (χ1v) is 3.76. The van der Waals surface area contributed by atoms with E-state index in [2.05, 4.69) is 9.97 Å². The molecule has 0 aliphatic rings. The molecule has 4 heteroatoms. The van der Waals surface area contributed by atoms with Crippen LogP contribution < -0.4 is 4.74 Å². The zero-order chi connectivity index (χ0) is 9.26. The van der Waals surface area contributed by atoms with Crippen molar-refractivity contribution in [3.63, 3.8) is 0 Å². The van der Waals surface area contributed by atoms with Gasteiger partial charge >= 0.3 is 0 Å². The number of methoxy groups -OCH3 is 1. The number of aromatic nitrogens is 2. The fraction of sp³-hybridized carbons (Fsp3) is 0.111. The van der Waals surface area contributed by atoms with E-state index in [1.807, 2.05) is 12.1 Å². The van der Waals surface area contributed by atoms with E-state index >= 15 is 0 Å². The summed E-state index contributed by atoms with van der Waals surface area (Å²) in [6.45, 7) is 0. The van der Waals surface area contributed by atoms with E-state index in [4.69, 9.17) is 10.00 Å². The molecule has 13 heavy (non-hydrogen) atoms. The van der Waals surface area contributed by atoms with Crippen LogP contribution in [-0.4, -0.2) is 17.1 Å². The van der Waals surface area contributed by atoms with Crippen LogP contribution in [0.5, 0.6) is 5.75 Å². The van der Waals surface area contributed by atoms with Gasteiger partial charge in [-0.25, -0.2) is 4.98 Å². The van der Waals surface area contributed by atoms with Crippen LogP contribution in [0.2, 0.25) is 0 Å². The number of ether oxygens (including phenoxy) is 1. The molecule has 1 N–H and O–H groups in total. The lowest BCUT2D eigenvalue weighted by Gasteiger charge is -1.96. The van der Waals surface area contributed by atoms with Gasteiger partial charge in [0, 0.05) is 5.39 Å². The average Bonchev–Trinajstić information content (AvgIpc) is 2.58. The zero-order valence-electron chi connectivity index (χ0n) is 7.03. The van der Waals surface area contributed by atoms with Crippen LogP contribution in [0.25, 0.3) is 11.0 Å². The normalized spacial score (nSPS) is 9.85. The standard InChI is InChI=1S/C9H7N3O/c1-13-8-3-6-2-7(4-10)12-9(6)11-5-8/h2-3,5H,1H3,(H,11,12). The van der Waals surface area contributed by atoms with Gasteiger partial charge in [0.2, 0.25) is 0 Å². The predicted molar refractivity (Wildman–Crippen MR) is 47.4 cm³/mol. The summed E-state index contributed by atoms with van der Waals surface area (Å²) in [5.41, 5.74) is 1.22. The first kappa shape index (κ1) is 7.62. The maximum absolute atomic E-state index is 8.62. The Morgan fingerprint density at radius 1 is 1.54 bits per heavy atom. The Morgan fingerprint density at radius 3 is 3.08 bits per heavy atom. The molecule has 0 spiro atoms. The number of fused-ring (bicyclic) bond motifs is 1. The topological polar surface area (TPSA) is 61.7 Å². The summed E-state index contributed by atoms with van der Waals surface area (Å²) in [4.78, 5) is 6.96. The zero-order valence-corrected chi connectivity index (χ0v) is 7.03. The molecule has 0 amide bonds. The Balaban J connectivity index is 2.65. The van der Waals surface area contributed by atoms with Crippen molar-refractivity contribution in [1.29, 1.82) is 5.26 Å². The van der Waals surface area contributed by atoms with Gasteiger partial charge in [0.25, 0.3) is 0 Å². The number of hydrogen-bond acceptors (Lipinski definition) is 3. The smallest absolute Gasteiger partial charge is 0.138 e. The number of nitrogens with one attached hydrogen (secondary N) is 1. The Labute approximate surface area is 74.8 Å². The van der Waals surface area contributed by atoms with Crippen LogP contribution in [-0.2, 0) is 0 Å². The Kier molecular flexibility index (Phi) is 1.64. The maximum atomic E-state index is 8.62. The summed E-state index contributed by atoms with van der Waals surface area (Å²) in [7, 11) is 1.58. The second-order valence-corrected chi connectivity index (χ2v) is 2.61. The molecule has 0 aliphatic heterocycles. The molecule has 2 aromatic heterocycles. The first-order valence-electron chi connectivity index (χ1n) is 3.76. The number of rotatable bonds is 1. The molecule has 4 nitrogen and oxygen atoms in total. The molecule has 0 aromatic carbocycles. The molecule has 2 aromatic rings. The van der Waals surface area contributed by atoms with Crippen molar-refractivity contribution in [2.75, 3.05) is 7.11 Å². The molecule has 0 aliphatic carbocycles. The van der Waals surface area contributed by atoms with Crippen molar-refractivity contribution < 1.29 is 4.74 Å². The monoisotopic (exact) mass is 173 g/mol. The van der Waals surface area contributed by atoms with Crippen LogP contribution in [0.15, 0.2) is 18.3 Å². The molecule has 0 radical (unpaired) electrons. The van der Waals surface area contributed by atoms with Gasteiger partial charge in [0.05, 0.1) is 13.3 Å². The molecule has 0 saturated carbocycles. The van der Waals surface area contributed by atoms with E-state index in [0.717, 1.165) is 5.39 Å². The Hall–Kier alpha value is -2.02. The minimum atomic E-state index is 0.510. The second kappa shape index (κ2) is 2.79. The third-order valence-electron chi connectivity index (χ3n) is 1.80. The van der Waals surface area contributed by atoms with E-state index in [9.17, 15) is 0 Å². The fourth-order valence-corrected chi connectivity index (χ4v) is 1.17. The van der Waals surface area contributed by atoms with Crippen LogP contribution >= 0.6 is 0 Å². The van der Waals surface area contributed by atoms with Gasteiger partial charge in [-0.3, -0.25) is 0 Å². The largest absolute Gasteiger partial charge is 0.495 e. The van der Waals surface area contributed by atoms with Gasteiger partial charge in [0.1, 0.15) is 23.2 Å². The SMILES string of the molecule is COc1cnc2[nH]c(C#N)cc2c1. The van der Waals surface area contributed by atoms with Gasteiger partial charge in [-0.05, 0) is 12.1 Å². The third-order valence-corrected chi connectivity index (χ3v) is 1.80.